The van der Waals surface area contributed by atoms with E-state index in [1.54, 1.807) is 0 Å². The molecule has 0 radical (unpaired) electrons. The Morgan fingerprint density at radius 2 is 1.78 bits per heavy atom. The molecule has 1 aromatic carbocycles. The van der Waals surface area contributed by atoms with E-state index in [0.29, 0.717) is 17.9 Å². The first-order valence-electron chi connectivity index (χ1n) is 5.39. The summed E-state index contributed by atoms with van der Waals surface area (Å²) in [4.78, 5) is 10.7. The predicted octanol–water partition coefficient (Wildman–Crippen LogP) is 2.66. The second-order valence-electron chi connectivity index (χ2n) is 4.43. The molecule has 0 aliphatic heterocycles. The minimum Gasteiger partial charge on any atom is -0.477 e. The zero-order valence-corrected chi connectivity index (χ0v) is 9.99. The van der Waals surface area contributed by atoms with Gasteiger partial charge in [-0.2, -0.15) is 8.78 Å². The van der Waals surface area contributed by atoms with Crippen LogP contribution in [-0.4, -0.2) is 22.1 Å². The van der Waals surface area contributed by atoms with Gasteiger partial charge in [0.25, 0.3) is 0 Å². The fourth-order valence-corrected chi connectivity index (χ4v) is 2.17. The van der Waals surface area contributed by atoms with Gasteiger partial charge in [0.15, 0.2) is 5.60 Å². The first kappa shape index (κ1) is 13.2. The van der Waals surface area contributed by atoms with E-state index in [1.165, 1.54) is 24.3 Å². The minimum absolute atomic E-state index is 0.123. The van der Waals surface area contributed by atoms with E-state index in [-0.39, 0.29) is 5.56 Å². The average Bonchev–Trinajstić information content (AvgIpc) is 3.12. The Hall–Kier alpha value is -1.20. The molecule has 0 amide bonds. The number of aliphatic carboxylic acids is 1. The standard InChI is InChI=1S/C12H11ClF2O3/c13-9-5-3-8(4-6-9)11(18,7-1-2-7)12(14,15)10(16)17/h3-7,18H,1-2H2,(H,16,17). The molecule has 1 saturated carbocycles. The molecular weight excluding hydrogens is 266 g/mol. The molecular formula is C12H11ClF2O3. The Morgan fingerprint density at radius 1 is 1.28 bits per heavy atom. The second-order valence-corrected chi connectivity index (χ2v) is 4.86. The van der Waals surface area contributed by atoms with Crippen molar-refractivity contribution in [3.63, 3.8) is 0 Å². The van der Waals surface area contributed by atoms with Gasteiger partial charge in [-0.15, -0.1) is 0 Å². The van der Waals surface area contributed by atoms with Crippen molar-refractivity contribution < 1.29 is 23.8 Å². The Balaban J connectivity index is 2.50. The molecule has 0 spiro atoms. The molecule has 0 aromatic heterocycles. The van der Waals surface area contributed by atoms with Crippen LogP contribution in [0.15, 0.2) is 24.3 Å². The number of alkyl halides is 2. The van der Waals surface area contributed by atoms with Crippen LogP contribution in [-0.2, 0) is 10.4 Å². The number of halogens is 3. The lowest BCUT2D eigenvalue weighted by molar-refractivity contribution is -0.218. The monoisotopic (exact) mass is 276 g/mol. The Kier molecular flexibility index (Phi) is 3.07. The third-order valence-electron chi connectivity index (χ3n) is 3.20. The maximum Gasteiger partial charge on any atom is 0.378 e. The zero-order valence-electron chi connectivity index (χ0n) is 9.24. The number of hydrogen-bond donors (Lipinski definition) is 2. The van der Waals surface area contributed by atoms with E-state index in [4.69, 9.17) is 16.7 Å². The molecule has 0 saturated heterocycles. The molecule has 3 nitrogen and oxygen atoms in total. The van der Waals surface area contributed by atoms with Crippen LogP contribution in [0, 0.1) is 5.92 Å². The van der Waals surface area contributed by atoms with Crippen LogP contribution in [0.1, 0.15) is 18.4 Å². The summed E-state index contributed by atoms with van der Waals surface area (Å²) >= 11 is 5.65. The van der Waals surface area contributed by atoms with E-state index in [1.807, 2.05) is 0 Å². The highest BCUT2D eigenvalue weighted by molar-refractivity contribution is 6.30. The highest BCUT2D eigenvalue weighted by Crippen LogP contribution is 2.53. The van der Waals surface area contributed by atoms with Crippen molar-refractivity contribution in [3.8, 4) is 0 Å². The molecule has 1 aliphatic carbocycles. The smallest absolute Gasteiger partial charge is 0.378 e. The summed E-state index contributed by atoms with van der Waals surface area (Å²) in [5, 5.41) is 19.2. The van der Waals surface area contributed by atoms with E-state index in [0.717, 1.165) is 0 Å². The molecule has 18 heavy (non-hydrogen) atoms. The van der Waals surface area contributed by atoms with Gasteiger partial charge < -0.3 is 10.2 Å². The maximum absolute atomic E-state index is 13.8. The molecule has 2 N–H and O–H groups in total. The Bertz CT molecular complexity index is 471. The van der Waals surface area contributed by atoms with Crippen molar-refractivity contribution in [2.75, 3.05) is 0 Å². The van der Waals surface area contributed by atoms with E-state index in [9.17, 15) is 18.7 Å². The zero-order chi connectivity index (χ0) is 13.6. The third-order valence-corrected chi connectivity index (χ3v) is 3.45. The summed E-state index contributed by atoms with van der Waals surface area (Å²) < 4.78 is 27.6. The van der Waals surface area contributed by atoms with Gasteiger partial charge in [-0.05, 0) is 36.5 Å². The number of benzene rings is 1. The van der Waals surface area contributed by atoms with Gasteiger partial charge >= 0.3 is 11.9 Å². The Labute approximate surface area is 107 Å². The topological polar surface area (TPSA) is 57.5 Å². The molecule has 2 rings (SSSR count). The SMILES string of the molecule is O=C(O)C(F)(F)C(O)(c1ccc(Cl)cc1)C1CC1. The lowest BCUT2D eigenvalue weighted by Gasteiger charge is -2.33. The lowest BCUT2D eigenvalue weighted by atomic mass is 9.82. The number of carboxylic acid groups (broad SMARTS) is 1. The summed E-state index contributed by atoms with van der Waals surface area (Å²) in [6.45, 7) is 0. The largest absolute Gasteiger partial charge is 0.477 e. The van der Waals surface area contributed by atoms with E-state index in [2.05, 4.69) is 0 Å². The van der Waals surface area contributed by atoms with Crippen molar-refractivity contribution in [1.29, 1.82) is 0 Å². The summed E-state index contributed by atoms with van der Waals surface area (Å²) in [6, 6.07) is 5.17. The van der Waals surface area contributed by atoms with E-state index < -0.39 is 23.4 Å². The van der Waals surface area contributed by atoms with Crippen molar-refractivity contribution in [2.45, 2.75) is 24.4 Å². The average molecular weight is 277 g/mol. The fraction of sp³-hybridized carbons (Fsp3) is 0.417. The fourth-order valence-electron chi connectivity index (χ4n) is 2.04. The van der Waals surface area contributed by atoms with Crippen molar-refractivity contribution >= 4 is 17.6 Å². The molecule has 98 valence electrons. The van der Waals surface area contributed by atoms with Gasteiger partial charge in [0.05, 0.1) is 0 Å². The number of carbonyl (C=O) groups is 1. The van der Waals surface area contributed by atoms with Gasteiger partial charge in [-0.1, -0.05) is 23.7 Å². The predicted molar refractivity (Wildman–Crippen MR) is 60.7 cm³/mol. The molecule has 1 fully saturated rings. The number of hydrogen-bond acceptors (Lipinski definition) is 2. The van der Waals surface area contributed by atoms with Crippen molar-refractivity contribution in [2.24, 2.45) is 5.92 Å². The quantitative estimate of drug-likeness (QED) is 0.889. The van der Waals surface area contributed by atoms with E-state index >= 15 is 0 Å². The van der Waals surface area contributed by atoms with Crippen LogP contribution in [0.3, 0.4) is 0 Å². The van der Waals surface area contributed by atoms with Gasteiger partial charge in [-0.25, -0.2) is 4.79 Å². The third kappa shape index (κ3) is 1.87. The van der Waals surface area contributed by atoms with Crippen LogP contribution in [0.5, 0.6) is 0 Å². The van der Waals surface area contributed by atoms with Crippen molar-refractivity contribution in [3.05, 3.63) is 34.9 Å². The highest BCUT2D eigenvalue weighted by Gasteiger charge is 2.66. The van der Waals surface area contributed by atoms with Gasteiger partial charge in [-0.3, -0.25) is 0 Å². The lowest BCUT2D eigenvalue weighted by Crippen LogP contribution is -2.52. The van der Waals surface area contributed by atoms with Gasteiger partial charge in [0.1, 0.15) is 0 Å². The van der Waals surface area contributed by atoms with Crippen LogP contribution in [0.4, 0.5) is 8.78 Å². The van der Waals surface area contributed by atoms with Crippen molar-refractivity contribution in [1.82, 2.24) is 0 Å². The van der Waals surface area contributed by atoms with Gasteiger partial charge in [0, 0.05) is 5.02 Å². The molecule has 0 bridgehead atoms. The molecule has 1 unspecified atom stereocenters. The molecule has 6 heteroatoms. The summed E-state index contributed by atoms with van der Waals surface area (Å²) in [5.74, 6) is -7.31. The van der Waals surface area contributed by atoms with Gasteiger partial charge in [0.2, 0.25) is 0 Å². The highest BCUT2D eigenvalue weighted by atomic mass is 35.5. The molecule has 1 aromatic rings. The molecule has 1 atom stereocenters. The van der Waals surface area contributed by atoms with Crippen LogP contribution in [0.2, 0.25) is 5.02 Å². The first-order chi connectivity index (χ1) is 8.30. The first-order valence-corrected chi connectivity index (χ1v) is 5.77. The maximum atomic E-state index is 13.8. The minimum atomic E-state index is -4.23. The Morgan fingerprint density at radius 3 is 2.17 bits per heavy atom. The second kappa shape index (κ2) is 4.17. The summed E-state index contributed by atoms with van der Waals surface area (Å²) in [7, 11) is 0. The number of rotatable bonds is 4. The number of aliphatic hydroxyl groups is 1. The molecule has 1 aliphatic rings. The van der Waals surface area contributed by atoms with Crippen LogP contribution >= 0.6 is 11.6 Å². The summed E-state index contributed by atoms with van der Waals surface area (Å²) in [6.07, 6.45) is 0.754. The van der Waals surface area contributed by atoms with Crippen LogP contribution in [0.25, 0.3) is 0 Å². The summed E-state index contributed by atoms with van der Waals surface area (Å²) in [5.41, 5.74) is -2.80. The normalized spacial score (nSPS) is 19.3. The molecule has 0 heterocycles. The van der Waals surface area contributed by atoms with Crippen LogP contribution < -0.4 is 0 Å². The number of carboxylic acids is 1.